The standard InChI is InChI=1S/C11H20N6/c1-8-13-10(15-11(12)14-8)9-7-16(2)5-4-6-17(9)3/h9H,4-7H2,1-3H3,(H2,12,13,14,15). The Morgan fingerprint density at radius 1 is 1.18 bits per heavy atom. The smallest absolute Gasteiger partial charge is 0.223 e. The highest BCUT2D eigenvalue weighted by molar-refractivity contribution is 5.17. The van der Waals surface area contributed by atoms with Gasteiger partial charge in [-0.05, 0) is 40.5 Å². The molecule has 2 rings (SSSR count). The highest BCUT2D eigenvalue weighted by atomic mass is 15.2. The molecule has 0 bridgehead atoms. The topological polar surface area (TPSA) is 71.2 Å². The normalized spacial score (nSPS) is 23.6. The van der Waals surface area contributed by atoms with Gasteiger partial charge in [0.25, 0.3) is 0 Å². The van der Waals surface area contributed by atoms with Crippen molar-refractivity contribution in [1.29, 1.82) is 0 Å². The van der Waals surface area contributed by atoms with Crippen molar-refractivity contribution >= 4 is 5.95 Å². The zero-order chi connectivity index (χ0) is 12.4. The summed E-state index contributed by atoms with van der Waals surface area (Å²) in [6, 6.07) is 0.200. The van der Waals surface area contributed by atoms with Crippen LogP contribution in [-0.2, 0) is 0 Å². The molecule has 0 spiro atoms. The highest BCUT2D eigenvalue weighted by Gasteiger charge is 2.24. The van der Waals surface area contributed by atoms with Crippen LogP contribution >= 0.6 is 0 Å². The molecule has 1 atom stereocenters. The summed E-state index contributed by atoms with van der Waals surface area (Å²) in [5.74, 6) is 1.78. The van der Waals surface area contributed by atoms with Crippen LogP contribution in [0, 0.1) is 6.92 Å². The fourth-order valence-corrected chi connectivity index (χ4v) is 2.22. The summed E-state index contributed by atoms with van der Waals surface area (Å²) in [5, 5.41) is 0. The molecular weight excluding hydrogens is 216 g/mol. The molecule has 0 amide bonds. The molecule has 2 heterocycles. The quantitative estimate of drug-likeness (QED) is 0.744. The van der Waals surface area contributed by atoms with Gasteiger partial charge in [-0.2, -0.15) is 9.97 Å². The van der Waals surface area contributed by atoms with E-state index in [1.807, 2.05) is 6.92 Å². The predicted molar refractivity (Wildman–Crippen MR) is 66.5 cm³/mol. The predicted octanol–water partition coefficient (Wildman–Crippen LogP) is 0.0706. The summed E-state index contributed by atoms with van der Waals surface area (Å²) in [7, 11) is 4.24. The second-order valence-electron chi connectivity index (χ2n) is 4.71. The molecule has 6 heteroatoms. The Kier molecular flexibility index (Phi) is 3.54. The third-order valence-electron chi connectivity index (χ3n) is 3.15. The highest BCUT2D eigenvalue weighted by Crippen LogP contribution is 2.20. The minimum absolute atomic E-state index is 0.200. The third kappa shape index (κ3) is 2.89. The average molecular weight is 236 g/mol. The lowest BCUT2D eigenvalue weighted by molar-refractivity contribution is 0.219. The van der Waals surface area contributed by atoms with Gasteiger partial charge in [-0.25, -0.2) is 4.98 Å². The van der Waals surface area contributed by atoms with E-state index in [0.717, 1.165) is 25.5 Å². The van der Waals surface area contributed by atoms with Gasteiger partial charge < -0.3 is 10.6 Å². The largest absolute Gasteiger partial charge is 0.368 e. The minimum atomic E-state index is 0.200. The average Bonchev–Trinajstić information content (AvgIpc) is 2.39. The van der Waals surface area contributed by atoms with Gasteiger partial charge in [0.2, 0.25) is 5.95 Å². The molecule has 0 radical (unpaired) electrons. The van der Waals surface area contributed by atoms with E-state index in [-0.39, 0.29) is 6.04 Å². The molecular formula is C11H20N6. The van der Waals surface area contributed by atoms with Crippen molar-refractivity contribution < 1.29 is 0 Å². The van der Waals surface area contributed by atoms with Crippen LogP contribution in [0.15, 0.2) is 0 Å². The van der Waals surface area contributed by atoms with Crippen LogP contribution in [-0.4, -0.2) is 58.5 Å². The molecule has 1 aliphatic heterocycles. The number of likely N-dealkylation sites (N-methyl/N-ethyl adjacent to an activating group) is 2. The van der Waals surface area contributed by atoms with Gasteiger partial charge in [0.1, 0.15) is 5.82 Å². The number of hydrogen-bond donors (Lipinski definition) is 1. The lowest BCUT2D eigenvalue weighted by Gasteiger charge is -2.26. The van der Waals surface area contributed by atoms with Crippen molar-refractivity contribution in [2.75, 3.05) is 39.5 Å². The van der Waals surface area contributed by atoms with Gasteiger partial charge in [-0.1, -0.05) is 0 Å². The van der Waals surface area contributed by atoms with Gasteiger partial charge in [0.05, 0.1) is 6.04 Å². The van der Waals surface area contributed by atoms with Crippen LogP contribution < -0.4 is 5.73 Å². The van der Waals surface area contributed by atoms with Crippen molar-refractivity contribution in [1.82, 2.24) is 24.8 Å². The SMILES string of the molecule is Cc1nc(N)nc(C2CN(C)CCCN2C)n1. The summed E-state index contributed by atoms with van der Waals surface area (Å²) in [6.07, 6.45) is 1.17. The van der Waals surface area contributed by atoms with Crippen molar-refractivity contribution in [2.45, 2.75) is 19.4 Å². The first kappa shape index (κ1) is 12.2. The van der Waals surface area contributed by atoms with Gasteiger partial charge >= 0.3 is 0 Å². The molecule has 94 valence electrons. The number of nitrogens with zero attached hydrogens (tertiary/aromatic N) is 5. The maximum atomic E-state index is 5.69. The van der Waals surface area contributed by atoms with E-state index in [0.29, 0.717) is 11.8 Å². The molecule has 1 aromatic heterocycles. The maximum Gasteiger partial charge on any atom is 0.223 e. The van der Waals surface area contributed by atoms with Gasteiger partial charge in [-0.15, -0.1) is 0 Å². The lowest BCUT2D eigenvalue weighted by Crippen LogP contribution is -2.32. The number of aromatic nitrogens is 3. The molecule has 1 fully saturated rings. The lowest BCUT2D eigenvalue weighted by atomic mass is 10.2. The summed E-state index contributed by atoms with van der Waals surface area (Å²) in [6.45, 7) is 4.95. The Morgan fingerprint density at radius 3 is 2.65 bits per heavy atom. The second-order valence-corrected chi connectivity index (χ2v) is 4.71. The fourth-order valence-electron chi connectivity index (χ4n) is 2.22. The first-order chi connectivity index (χ1) is 8.06. The molecule has 6 nitrogen and oxygen atoms in total. The van der Waals surface area contributed by atoms with Gasteiger partial charge in [0.15, 0.2) is 5.82 Å². The zero-order valence-electron chi connectivity index (χ0n) is 10.7. The summed E-state index contributed by atoms with van der Waals surface area (Å²) in [5.41, 5.74) is 5.69. The van der Waals surface area contributed by atoms with Gasteiger partial charge in [0, 0.05) is 6.54 Å². The Hall–Kier alpha value is -1.27. The van der Waals surface area contributed by atoms with Crippen LogP contribution in [0.4, 0.5) is 5.95 Å². The van der Waals surface area contributed by atoms with E-state index in [4.69, 9.17) is 5.73 Å². The molecule has 1 aromatic rings. The van der Waals surface area contributed by atoms with Crippen molar-refractivity contribution in [2.24, 2.45) is 0 Å². The molecule has 1 aliphatic rings. The van der Waals surface area contributed by atoms with E-state index in [1.54, 1.807) is 0 Å². The van der Waals surface area contributed by atoms with Gasteiger partial charge in [-0.3, -0.25) is 4.90 Å². The molecule has 0 aliphatic carbocycles. The Balaban J connectivity index is 2.28. The fraction of sp³-hybridized carbons (Fsp3) is 0.727. The van der Waals surface area contributed by atoms with E-state index in [1.165, 1.54) is 6.42 Å². The van der Waals surface area contributed by atoms with Crippen LogP contribution in [0.1, 0.15) is 24.1 Å². The number of rotatable bonds is 1. The van der Waals surface area contributed by atoms with E-state index in [2.05, 4.69) is 38.8 Å². The second kappa shape index (κ2) is 4.93. The van der Waals surface area contributed by atoms with Crippen LogP contribution in [0.2, 0.25) is 0 Å². The number of nitrogen functional groups attached to an aromatic ring is 1. The summed E-state index contributed by atoms with van der Waals surface area (Å²) < 4.78 is 0. The molecule has 2 N–H and O–H groups in total. The molecule has 0 aromatic carbocycles. The monoisotopic (exact) mass is 236 g/mol. The molecule has 0 saturated carbocycles. The summed E-state index contributed by atoms with van der Waals surface area (Å²) >= 11 is 0. The molecule has 1 saturated heterocycles. The third-order valence-corrected chi connectivity index (χ3v) is 3.15. The Morgan fingerprint density at radius 2 is 1.94 bits per heavy atom. The number of anilines is 1. The first-order valence-electron chi connectivity index (χ1n) is 5.93. The maximum absolute atomic E-state index is 5.69. The zero-order valence-corrected chi connectivity index (χ0v) is 10.7. The van der Waals surface area contributed by atoms with Crippen LogP contribution in [0.25, 0.3) is 0 Å². The Labute approximate surface area is 102 Å². The van der Waals surface area contributed by atoms with Crippen molar-refractivity contribution in [3.8, 4) is 0 Å². The summed E-state index contributed by atoms with van der Waals surface area (Å²) in [4.78, 5) is 17.3. The van der Waals surface area contributed by atoms with Crippen molar-refractivity contribution in [3.05, 3.63) is 11.6 Å². The van der Waals surface area contributed by atoms with Crippen LogP contribution in [0.3, 0.4) is 0 Å². The van der Waals surface area contributed by atoms with E-state index < -0.39 is 0 Å². The number of nitrogens with two attached hydrogens (primary N) is 1. The number of hydrogen-bond acceptors (Lipinski definition) is 6. The van der Waals surface area contributed by atoms with E-state index >= 15 is 0 Å². The molecule has 1 unspecified atom stereocenters. The van der Waals surface area contributed by atoms with E-state index in [9.17, 15) is 0 Å². The minimum Gasteiger partial charge on any atom is -0.368 e. The first-order valence-corrected chi connectivity index (χ1v) is 5.93. The Bertz CT molecular complexity index is 373. The number of aryl methyl sites for hydroxylation is 1. The van der Waals surface area contributed by atoms with Crippen LogP contribution in [0.5, 0.6) is 0 Å². The molecule has 17 heavy (non-hydrogen) atoms. The van der Waals surface area contributed by atoms with Crippen molar-refractivity contribution in [3.63, 3.8) is 0 Å².